The Labute approximate surface area is 446 Å². The minimum atomic E-state index is -0.838. The molecule has 4 nitrogen and oxygen atoms in total. The topological polar surface area (TPSA) is 69.6 Å². The second-order valence-electron chi connectivity index (χ2n) is 22.5. The number of rotatable bonds is 61. The third-order valence-electron chi connectivity index (χ3n) is 15.4. The number of aliphatic hydroxyl groups excluding tert-OH is 2. The SMILES string of the molecule is CCCCCCC/C=C\C/C=C\CCCCCCCCCCCCCCCCCCCCCCCCCC(=O)NC(CO)C(O)/C=C/CCCCCCCCCCCCCCCCCCCCCCCC. The average molecular weight is 997 g/mol. The standard InChI is InChI=1S/C67H129NO3/c1-3-5-7-9-11-13-15-17-19-21-23-25-27-29-30-31-32-33-34-35-36-37-38-39-41-43-45-47-49-51-53-55-57-59-61-63-67(71)68-65(64-69)66(70)62-60-58-56-54-52-50-48-46-44-42-40-28-26-24-22-20-18-16-14-12-10-8-6-4-2/h15,17,21,23,60,62,65-66,69-70H,3-14,16,18-20,22,24-59,61,63-64H2,1-2H3,(H,68,71)/b17-15-,23-21-,62-60+. The number of hydrogen-bond acceptors (Lipinski definition) is 3. The van der Waals surface area contributed by atoms with E-state index in [4.69, 9.17) is 0 Å². The highest BCUT2D eigenvalue weighted by molar-refractivity contribution is 5.76. The van der Waals surface area contributed by atoms with Crippen LogP contribution in [0.25, 0.3) is 0 Å². The molecule has 0 radical (unpaired) electrons. The van der Waals surface area contributed by atoms with E-state index in [2.05, 4.69) is 43.5 Å². The number of carbonyl (C=O) groups is 1. The lowest BCUT2D eigenvalue weighted by atomic mass is 10.0. The molecule has 0 rings (SSSR count). The van der Waals surface area contributed by atoms with Crippen LogP contribution in [0.2, 0.25) is 0 Å². The van der Waals surface area contributed by atoms with Crippen LogP contribution in [0.3, 0.4) is 0 Å². The van der Waals surface area contributed by atoms with E-state index in [0.29, 0.717) is 6.42 Å². The van der Waals surface area contributed by atoms with E-state index in [1.165, 1.54) is 315 Å². The smallest absolute Gasteiger partial charge is 0.220 e. The van der Waals surface area contributed by atoms with Crippen molar-refractivity contribution < 1.29 is 15.0 Å². The first-order valence-corrected chi connectivity index (χ1v) is 32.7. The number of allylic oxidation sites excluding steroid dienone is 5. The second kappa shape index (κ2) is 62.9. The van der Waals surface area contributed by atoms with Crippen LogP contribution in [0, 0.1) is 0 Å². The summed E-state index contributed by atoms with van der Waals surface area (Å²) in [5, 5.41) is 23.3. The lowest BCUT2D eigenvalue weighted by Crippen LogP contribution is -2.45. The summed E-state index contributed by atoms with van der Waals surface area (Å²) in [5.41, 5.74) is 0. The molecule has 0 aliphatic heterocycles. The Balaban J connectivity index is 3.42. The maximum Gasteiger partial charge on any atom is 0.220 e. The molecule has 1 amide bonds. The molecule has 0 aromatic carbocycles. The van der Waals surface area contributed by atoms with Crippen molar-refractivity contribution in [3.8, 4) is 0 Å². The summed E-state index contributed by atoms with van der Waals surface area (Å²) < 4.78 is 0. The Hall–Kier alpha value is -1.39. The summed E-state index contributed by atoms with van der Waals surface area (Å²) in [5.74, 6) is -0.0560. The molecule has 0 heterocycles. The fourth-order valence-electron chi connectivity index (χ4n) is 10.4. The van der Waals surface area contributed by atoms with Gasteiger partial charge in [-0.15, -0.1) is 0 Å². The van der Waals surface area contributed by atoms with Crippen LogP contribution in [0.1, 0.15) is 367 Å². The van der Waals surface area contributed by atoms with Gasteiger partial charge in [0.1, 0.15) is 0 Å². The second-order valence-corrected chi connectivity index (χ2v) is 22.5. The molecule has 0 spiro atoms. The summed E-state index contributed by atoms with van der Waals surface area (Å²) in [7, 11) is 0. The highest BCUT2D eigenvalue weighted by Crippen LogP contribution is 2.18. The van der Waals surface area contributed by atoms with Crippen molar-refractivity contribution in [1.29, 1.82) is 0 Å². The Kier molecular flexibility index (Phi) is 61.7. The zero-order valence-corrected chi connectivity index (χ0v) is 48.5. The fourth-order valence-corrected chi connectivity index (χ4v) is 10.4. The van der Waals surface area contributed by atoms with Crippen LogP contribution in [-0.4, -0.2) is 34.9 Å². The molecule has 0 aromatic rings. The van der Waals surface area contributed by atoms with Gasteiger partial charge in [0.25, 0.3) is 0 Å². The fraction of sp³-hybridized carbons (Fsp3) is 0.896. The van der Waals surface area contributed by atoms with Gasteiger partial charge in [0.15, 0.2) is 0 Å². The molecule has 2 unspecified atom stereocenters. The van der Waals surface area contributed by atoms with Gasteiger partial charge in [-0.3, -0.25) is 4.79 Å². The zero-order valence-electron chi connectivity index (χ0n) is 48.5. The predicted molar refractivity (Wildman–Crippen MR) is 318 cm³/mol. The van der Waals surface area contributed by atoms with Crippen molar-refractivity contribution in [3.63, 3.8) is 0 Å². The number of amides is 1. The Morgan fingerprint density at radius 3 is 0.845 bits per heavy atom. The Morgan fingerprint density at radius 2 is 0.577 bits per heavy atom. The number of nitrogens with one attached hydrogen (secondary N) is 1. The maximum absolute atomic E-state index is 12.5. The van der Waals surface area contributed by atoms with Crippen LogP contribution in [-0.2, 0) is 4.79 Å². The molecule has 4 heteroatoms. The van der Waals surface area contributed by atoms with Crippen LogP contribution in [0.4, 0.5) is 0 Å². The quantitative estimate of drug-likeness (QED) is 0.0420. The number of aliphatic hydroxyl groups is 2. The van der Waals surface area contributed by atoms with Gasteiger partial charge >= 0.3 is 0 Å². The molecule has 0 saturated carbocycles. The molecular weight excluding hydrogens is 867 g/mol. The van der Waals surface area contributed by atoms with Crippen LogP contribution < -0.4 is 5.32 Å². The minimum Gasteiger partial charge on any atom is -0.394 e. The van der Waals surface area contributed by atoms with Gasteiger partial charge in [-0.05, 0) is 51.4 Å². The Bertz CT molecular complexity index is 1080. The van der Waals surface area contributed by atoms with Gasteiger partial charge in [0, 0.05) is 6.42 Å². The molecule has 420 valence electrons. The van der Waals surface area contributed by atoms with Gasteiger partial charge in [-0.25, -0.2) is 0 Å². The van der Waals surface area contributed by atoms with E-state index < -0.39 is 12.1 Å². The summed E-state index contributed by atoms with van der Waals surface area (Å²) in [4.78, 5) is 12.5. The molecule has 71 heavy (non-hydrogen) atoms. The van der Waals surface area contributed by atoms with Gasteiger partial charge in [-0.1, -0.05) is 346 Å². The molecule has 0 bridgehead atoms. The molecule has 0 aliphatic carbocycles. The number of carbonyl (C=O) groups excluding carboxylic acids is 1. The van der Waals surface area contributed by atoms with E-state index >= 15 is 0 Å². The summed E-state index contributed by atoms with van der Waals surface area (Å²) in [6.45, 7) is 4.34. The molecule has 0 aromatic heterocycles. The van der Waals surface area contributed by atoms with E-state index in [0.717, 1.165) is 32.1 Å². The minimum absolute atomic E-state index is 0.0560. The van der Waals surface area contributed by atoms with Crippen molar-refractivity contribution in [1.82, 2.24) is 5.32 Å². The molecule has 2 atom stereocenters. The van der Waals surface area contributed by atoms with Gasteiger partial charge < -0.3 is 15.5 Å². The normalized spacial score (nSPS) is 12.9. The lowest BCUT2D eigenvalue weighted by molar-refractivity contribution is -0.123. The van der Waals surface area contributed by atoms with Crippen molar-refractivity contribution in [2.75, 3.05) is 6.61 Å². The first-order valence-electron chi connectivity index (χ1n) is 32.7. The third kappa shape index (κ3) is 59.4. The van der Waals surface area contributed by atoms with Crippen molar-refractivity contribution >= 4 is 5.91 Å². The number of hydrogen-bond donors (Lipinski definition) is 3. The van der Waals surface area contributed by atoms with Crippen molar-refractivity contribution in [2.45, 2.75) is 379 Å². The zero-order chi connectivity index (χ0) is 51.3. The van der Waals surface area contributed by atoms with E-state index in [1.807, 2.05) is 6.08 Å². The summed E-state index contributed by atoms with van der Waals surface area (Å²) in [6, 6.07) is -0.621. The van der Waals surface area contributed by atoms with Crippen LogP contribution in [0.15, 0.2) is 36.5 Å². The van der Waals surface area contributed by atoms with Gasteiger partial charge in [0.2, 0.25) is 5.91 Å². The van der Waals surface area contributed by atoms with E-state index in [-0.39, 0.29) is 12.5 Å². The average Bonchev–Trinajstić information content (AvgIpc) is 3.37. The highest BCUT2D eigenvalue weighted by atomic mass is 16.3. The molecule has 0 aliphatic rings. The van der Waals surface area contributed by atoms with Crippen molar-refractivity contribution in [2.24, 2.45) is 0 Å². The third-order valence-corrected chi connectivity index (χ3v) is 15.4. The molecule has 0 fully saturated rings. The van der Waals surface area contributed by atoms with Crippen LogP contribution in [0.5, 0.6) is 0 Å². The first-order chi connectivity index (χ1) is 35.2. The lowest BCUT2D eigenvalue weighted by Gasteiger charge is -2.20. The van der Waals surface area contributed by atoms with Gasteiger partial charge in [-0.2, -0.15) is 0 Å². The molecular formula is C67H129NO3. The van der Waals surface area contributed by atoms with E-state index in [1.54, 1.807) is 6.08 Å². The van der Waals surface area contributed by atoms with Crippen molar-refractivity contribution in [3.05, 3.63) is 36.5 Å². The summed E-state index contributed by atoms with van der Waals surface area (Å²) >= 11 is 0. The van der Waals surface area contributed by atoms with E-state index in [9.17, 15) is 15.0 Å². The van der Waals surface area contributed by atoms with Gasteiger partial charge in [0.05, 0.1) is 18.8 Å². The predicted octanol–water partition coefficient (Wildman–Crippen LogP) is 22.0. The molecule has 0 saturated heterocycles. The highest BCUT2D eigenvalue weighted by Gasteiger charge is 2.18. The first kappa shape index (κ1) is 69.6. The largest absolute Gasteiger partial charge is 0.394 e. The monoisotopic (exact) mass is 996 g/mol. The summed E-state index contributed by atoms with van der Waals surface area (Å²) in [6.07, 6.45) is 86.4. The maximum atomic E-state index is 12.5. The Morgan fingerprint density at radius 1 is 0.338 bits per heavy atom. The number of unbranched alkanes of at least 4 members (excludes halogenated alkanes) is 50. The molecule has 3 N–H and O–H groups in total. The van der Waals surface area contributed by atoms with Crippen LogP contribution >= 0.6 is 0 Å².